The summed E-state index contributed by atoms with van der Waals surface area (Å²) in [6, 6.07) is 10.3. The van der Waals surface area contributed by atoms with Crippen molar-refractivity contribution in [3.63, 3.8) is 0 Å². The van der Waals surface area contributed by atoms with Crippen molar-refractivity contribution >= 4 is 16.9 Å². The largest absolute Gasteiger partial charge is 0.308 e. The molecule has 0 atom stereocenters. The summed E-state index contributed by atoms with van der Waals surface area (Å²) < 4.78 is 0. The molecule has 0 fully saturated rings. The van der Waals surface area contributed by atoms with E-state index in [0.29, 0.717) is 0 Å². The van der Waals surface area contributed by atoms with Gasteiger partial charge in [0.15, 0.2) is 0 Å². The average molecular weight is 244 g/mol. The first kappa shape index (κ1) is 12.0. The minimum absolute atomic E-state index is 0.807. The maximum absolute atomic E-state index is 4.23. The summed E-state index contributed by atoms with van der Waals surface area (Å²) in [6.45, 7) is 7.78. The second kappa shape index (κ2) is 5.75. The zero-order chi connectivity index (χ0) is 12.1. The van der Waals surface area contributed by atoms with Gasteiger partial charge in [-0.1, -0.05) is 36.9 Å². The van der Waals surface area contributed by atoms with Crippen molar-refractivity contribution in [2.24, 2.45) is 0 Å². The minimum atomic E-state index is 0.807. The summed E-state index contributed by atoms with van der Waals surface area (Å²) in [5, 5.41) is 4.50. The number of aromatic nitrogens is 1. The van der Waals surface area contributed by atoms with Crippen LogP contribution in [-0.2, 0) is 6.54 Å². The molecule has 2 aromatic rings. The first-order valence-electron chi connectivity index (χ1n) is 5.61. The number of nitrogens with zero attached hydrogens (tertiary/aromatic N) is 1. The Morgan fingerprint density at radius 2 is 2.12 bits per heavy atom. The highest BCUT2D eigenvalue weighted by Crippen LogP contribution is 2.13. The SMILES string of the molecule is C=C(CNCc1cnc(C)s1)c1ccccc1. The van der Waals surface area contributed by atoms with Gasteiger partial charge in [-0.2, -0.15) is 0 Å². The van der Waals surface area contributed by atoms with Crippen LogP contribution in [0, 0.1) is 6.92 Å². The van der Waals surface area contributed by atoms with Crippen LogP contribution in [-0.4, -0.2) is 11.5 Å². The Morgan fingerprint density at radius 3 is 2.76 bits per heavy atom. The Hall–Kier alpha value is -1.45. The molecule has 88 valence electrons. The summed E-state index contributed by atoms with van der Waals surface area (Å²) in [6.07, 6.45) is 1.93. The van der Waals surface area contributed by atoms with Gasteiger partial charge in [-0.3, -0.25) is 0 Å². The smallest absolute Gasteiger partial charge is 0.0897 e. The van der Waals surface area contributed by atoms with Crippen LogP contribution in [0.4, 0.5) is 0 Å². The predicted molar refractivity (Wildman–Crippen MR) is 74.0 cm³/mol. The zero-order valence-corrected chi connectivity index (χ0v) is 10.8. The van der Waals surface area contributed by atoms with Crippen LogP contribution >= 0.6 is 11.3 Å². The van der Waals surface area contributed by atoms with Gasteiger partial charge < -0.3 is 5.32 Å². The molecule has 2 rings (SSSR count). The van der Waals surface area contributed by atoms with E-state index in [9.17, 15) is 0 Å². The van der Waals surface area contributed by atoms with Crippen LogP contribution in [0.5, 0.6) is 0 Å². The average Bonchev–Trinajstić information content (AvgIpc) is 2.76. The minimum Gasteiger partial charge on any atom is -0.308 e. The van der Waals surface area contributed by atoms with Crippen molar-refractivity contribution in [3.05, 3.63) is 58.6 Å². The van der Waals surface area contributed by atoms with E-state index in [1.54, 1.807) is 11.3 Å². The summed E-state index contributed by atoms with van der Waals surface area (Å²) in [5.74, 6) is 0. The Morgan fingerprint density at radius 1 is 1.35 bits per heavy atom. The van der Waals surface area contributed by atoms with Gasteiger partial charge >= 0.3 is 0 Å². The third-order valence-corrected chi connectivity index (χ3v) is 3.40. The highest BCUT2D eigenvalue weighted by atomic mass is 32.1. The van der Waals surface area contributed by atoms with Crippen LogP contribution in [0.25, 0.3) is 5.57 Å². The molecule has 3 heteroatoms. The van der Waals surface area contributed by atoms with E-state index in [2.05, 4.69) is 29.0 Å². The van der Waals surface area contributed by atoms with Crippen LogP contribution < -0.4 is 5.32 Å². The van der Waals surface area contributed by atoms with Gasteiger partial charge in [0.2, 0.25) is 0 Å². The molecule has 0 unspecified atom stereocenters. The van der Waals surface area contributed by atoms with Crippen molar-refractivity contribution in [1.82, 2.24) is 10.3 Å². The predicted octanol–water partition coefficient (Wildman–Crippen LogP) is 3.25. The number of thiazole rings is 1. The molecule has 0 saturated carbocycles. The van der Waals surface area contributed by atoms with E-state index >= 15 is 0 Å². The second-order valence-corrected chi connectivity index (χ2v) is 5.24. The molecule has 0 radical (unpaired) electrons. The third-order valence-electron chi connectivity index (χ3n) is 2.49. The van der Waals surface area contributed by atoms with Gasteiger partial charge in [0, 0.05) is 24.2 Å². The molecule has 1 aromatic heterocycles. The van der Waals surface area contributed by atoms with Crippen molar-refractivity contribution in [2.45, 2.75) is 13.5 Å². The number of benzene rings is 1. The molecular weight excluding hydrogens is 228 g/mol. The summed E-state index contributed by atoms with van der Waals surface area (Å²) in [5.41, 5.74) is 2.31. The van der Waals surface area contributed by atoms with Gasteiger partial charge in [0.1, 0.15) is 0 Å². The highest BCUT2D eigenvalue weighted by molar-refractivity contribution is 7.11. The molecule has 2 nitrogen and oxygen atoms in total. The number of nitrogens with one attached hydrogen (secondary N) is 1. The summed E-state index contributed by atoms with van der Waals surface area (Å²) in [4.78, 5) is 5.50. The number of hydrogen-bond acceptors (Lipinski definition) is 3. The van der Waals surface area contributed by atoms with Gasteiger partial charge in [-0.05, 0) is 18.1 Å². The lowest BCUT2D eigenvalue weighted by Gasteiger charge is -2.06. The van der Waals surface area contributed by atoms with E-state index in [4.69, 9.17) is 0 Å². The van der Waals surface area contributed by atoms with Gasteiger partial charge in [-0.15, -0.1) is 11.3 Å². The monoisotopic (exact) mass is 244 g/mol. The maximum atomic E-state index is 4.23. The number of rotatable bonds is 5. The first-order chi connectivity index (χ1) is 8.25. The molecule has 1 N–H and O–H groups in total. The summed E-state index contributed by atoms with van der Waals surface area (Å²) in [7, 11) is 0. The van der Waals surface area contributed by atoms with Gasteiger partial charge in [0.25, 0.3) is 0 Å². The Kier molecular flexibility index (Phi) is 4.07. The molecule has 0 amide bonds. The topological polar surface area (TPSA) is 24.9 Å². The molecule has 1 aromatic carbocycles. The molecule has 0 aliphatic rings. The molecule has 0 saturated heterocycles. The number of aryl methyl sites for hydroxylation is 1. The maximum Gasteiger partial charge on any atom is 0.0897 e. The lowest BCUT2D eigenvalue weighted by atomic mass is 10.1. The lowest BCUT2D eigenvalue weighted by Crippen LogP contribution is -2.14. The zero-order valence-electron chi connectivity index (χ0n) is 9.94. The molecule has 0 spiro atoms. The van der Waals surface area contributed by atoms with Crippen LogP contribution in [0.15, 0.2) is 43.1 Å². The second-order valence-electron chi connectivity index (χ2n) is 3.92. The van der Waals surface area contributed by atoms with E-state index in [0.717, 1.165) is 23.7 Å². The lowest BCUT2D eigenvalue weighted by molar-refractivity contribution is 0.777. The molecule has 0 bridgehead atoms. The van der Waals surface area contributed by atoms with Crippen molar-refractivity contribution in [1.29, 1.82) is 0 Å². The molecule has 1 heterocycles. The molecule has 0 aliphatic heterocycles. The fourth-order valence-electron chi connectivity index (χ4n) is 1.60. The normalized spacial score (nSPS) is 10.4. The number of hydrogen-bond donors (Lipinski definition) is 1. The Labute approximate surface area is 106 Å². The fraction of sp³-hybridized carbons (Fsp3) is 0.214. The highest BCUT2D eigenvalue weighted by Gasteiger charge is 2.00. The van der Waals surface area contributed by atoms with E-state index in [-0.39, 0.29) is 0 Å². The van der Waals surface area contributed by atoms with E-state index in [1.807, 2.05) is 31.3 Å². The molecule has 0 aliphatic carbocycles. The van der Waals surface area contributed by atoms with Crippen LogP contribution in [0.2, 0.25) is 0 Å². The Balaban J connectivity index is 1.81. The molecular formula is C14H16N2S. The van der Waals surface area contributed by atoms with E-state index < -0.39 is 0 Å². The fourth-order valence-corrected chi connectivity index (χ4v) is 2.36. The third kappa shape index (κ3) is 3.51. The quantitative estimate of drug-likeness (QED) is 0.873. The summed E-state index contributed by atoms with van der Waals surface area (Å²) >= 11 is 1.73. The van der Waals surface area contributed by atoms with Crippen molar-refractivity contribution in [2.75, 3.05) is 6.54 Å². The standard InChI is InChI=1S/C14H16N2S/c1-11(13-6-4-3-5-7-13)8-15-9-14-10-16-12(2)17-14/h3-7,10,15H,1,8-9H2,2H3. The Bertz CT molecular complexity index is 488. The van der Waals surface area contributed by atoms with Gasteiger partial charge in [0.05, 0.1) is 5.01 Å². The van der Waals surface area contributed by atoms with E-state index in [1.165, 1.54) is 10.4 Å². The van der Waals surface area contributed by atoms with Crippen molar-refractivity contribution in [3.8, 4) is 0 Å². The molecule has 17 heavy (non-hydrogen) atoms. The van der Waals surface area contributed by atoms with Crippen LogP contribution in [0.1, 0.15) is 15.4 Å². The van der Waals surface area contributed by atoms with Crippen LogP contribution in [0.3, 0.4) is 0 Å². The van der Waals surface area contributed by atoms with Gasteiger partial charge in [-0.25, -0.2) is 4.98 Å². The van der Waals surface area contributed by atoms with Crippen molar-refractivity contribution < 1.29 is 0 Å². The first-order valence-corrected chi connectivity index (χ1v) is 6.42.